The maximum absolute atomic E-state index is 13.0. The SMILES string of the molecule is Cc1c(C(=O)N[C@@H]2CCOC(C)(C)C2)sc2ncnc(NCCCN3CCCC3=O)c12. The molecule has 0 spiro atoms. The fourth-order valence-electron chi connectivity index (χ4n) is 4.45. The van der Waals surface area contributed by atoms with Crippen LogP contribution in [0.3, 0.4) is 0 Å². The highest BCUT2D eigenvalue weighted by Gasteiger charge is 2.30. The number of carbonyl (C=O) groups excluding carboxylic acids is 2. The number of nitrogens with one attached hydrogen (secondary N) is 2. The number of carbonyl (C=O) groups is 2. The molecule has 2 aromatic rings. The van der Waals surface area contributed by atoms with Gasteiger partial charge in [0.15, 0.2) is 0 Å². The van der Waals surface area contributed by atoms with Crippen molar-refractivity contribution in [3.05, 3.63) is 16.8 Å². The van der Waals surface area contributed by atoms with Gasteiger partial charge in [0, 0.05) is 38.7 Å². The fourth-order valence-corrected chi connectivity index (χ4v) is 5.50. The molecule has 0 bridgehead atoms. The van der Waals surface area contributed by atoms with E-state index in [1.54, 1.807) is 0 Å². The fraction of sp³-hybridized carbons (Fsp3) is 0.636. The van der Waals surface area contributed by atoms with Gasteiger partial charge in [0.2, 0.25) is 5.91 Å². The molecule has 2 aliphatic rings. The van der Waals surface area contributed by atoms with Crippen LogP contribution in [-0.4, -0.2) is 64.6 Å². The van der Waals surface area contributed by atoms with Crippen LogP contribution in [0, 0.1) is 6.92 Å². The Bertz CT molecular complexity index is 973. The van der Waals surface area contributed by atoms with Crippen LogP contribution in [0.5, 0.6) is 0 Å². The first-order valence-electron chi connectivity index (χ1n) is 11.0. The van der Waals surface area contributed by atoms with Gasteiger partial charge in [-0.15, -0.1) is 11.3 Å². The summed E-state index contributed by atoms with van der Waals surface area (Å²) in [7, 11) is 0. The number of anilines is 1. The van der Waals surface area contributed by atoms with Gasteiger partial charge in [-0.1, -0.05) is 0 Å². The molecule has 1 atom stereocenters. The van der Waals surface area contributed by atoms with E-state index in [1.807, 2.05) is 11.8 Å². The second-order valence-corrected chi connectivity index (χ2v) is 9.99. The Morgan fingerprint density at radius 3 is 2.97 bits per heavy atom. The lowest BCUT2D eigenvalue weighted by Crippen LogP contribution is -2.45. The molecule has 8 nitrogen and oxygen atoms in total. The minimum absolute atomic E-state index is 0.0540. The molecule has 4 rings (SSSR count). The summed E-state index contributed by atoms with van der Waals surface area (Å²) in [6, 6.07) is 0.109. The Morgan fingerprint density at radius 2 is 2.23 bits per heavy atom. The topological polar surface area (TPSA) is 96.4 Å². The van der Waals surface area contributed by atoms with Crippen molar-refractivity contribution < 1.29 is 14.3 Å². The van der Waals surface area contributed by atoms with E-state index < -0.39 is 0 Å². The normalized spacial score (nSPS) is 20.9. The number of likely N-dealkylation sites (tertiary alicyclic amines) is 1. The molecule has 2 aromatic heterocycles. The second-order valence-electron chi connectivity index (χ2n) is 8.99. The summed E-state index contributed by atoms with van der Waals surface area (Å²) in [5, 5.41) is 7.47. The molecular formula is C22H31N5O3S. The third-order valence-corrected chi connectivity index (χ3v) is 7.23. The van der Waals surface area contributed by atoms with Crippen LogP contribution in [0.15, 0.2) is 6.33 Å². The molecule has 4 heterocycles. The molecule has 9 heteroatoms. The van der Waals surface area contributed by atoms with Crippen molar-refractivity contribution in [2.75, 3.05) is 31.6 Å². The molecule has 0 aliphatic carbocycles. The molecular weight excluding hydrogens is 414 g/mol. The predicted molar refractivity (Wildman–Crippen MR) is 122 cm³/mol. The van der Waals surface area contributed by atoms with Crippen LogP contribution in [0.2, 0.25) is 0 Å². The highest BCUT2D eigenvalue weighted by Crippen LogP contribution is 2.33. The molecule has 2 N–H and O–H groups in total. The number of nitrogens with zero attached hydrogens (tertiary/aromatic N) is 3. The van der Waals surface area contributed by atoms with Crippen LogP contribution in [0.1, 0.15) is 61.2 Å². The molecule has 2 saturated heterocycles. The first-order chi connectivity index (χ1) is 14.8. The number of thiophene rings is 1. The number of rotatable bonds is 7. The Balaban J connectivity index is 1.42. The lowest BCUT2D eigenvalue weighted by molar-refractivity contribution is -0.127. The second kappa shape index (κ2) is 9.08. The highest BCUT2D eigenvalue weighted by molar-refractivity contribution is 7.20. The number of fused-ring (bicyclic) bond motifs is 1. The summed E-state index contributed by atoms with van der Waals surface area (Å²) in [5.41, 5.74) is 0.690. The molecule has 0 aromatic carbocycles. The maximum atomic E-state index is 13.0. The molecule has 0 saturated carbocycles. The van der Waals surface area contributed by atoms with Crippen molar-refractivity contribution in [3.63, 3.8) is 0 Å². The van der Waals surface area contributed by atoms with Gasteiger partial charge in [-0.3, -0.25) is 9.59 Å². The Labute approximate surface area is 186 Å². The van der Waals surface area contributed by atoms with Gasteiger partial charge in [-0.05, 0) is 52.0 Å². The largest absolute Gasteiger partial charge is 0.375 e. The van der Waals surface area contributed by atoms with Crippen LogP contribution in [0.4, 0.5) is 5.82 Å². The summed E-state index contributed by atoms with van der Waals surface area (Å²) in [4.78, 5) is 37.0. The van der Waals surface area contributed by atoms with Crippen molar-refractivity contribution in [3.8, 4) is 0 Å². The Kier molecular flexibility index (Phi) is 6.43. The minimum Gasteiger partial charge on any atom is -0.375 e. The number of ether oxygens (including phenoxy) is 1. The molecule has 31 heavy (non-hydrogen) atoms. The van der Waals surface area contributed by atoms with Crippen LogP contribution < -0.4 is 10.6 Å². The van der Waals surface area contributed by atoms with E-state index in [9.17, 15) is 9.59 Å². The lowest BCUT2D eigenvalue weighted by atomic mass is 9.94. The standard InChI is InChI=1S/C22H31N5O3S/c1-14-17-19(23-8-5-10-27-9-4-6-16(27)28)24-13-25-21(17)31-18(14)20(29)26-15-7-11-30-22(2,3)12-15/h13,15H,4-12H2,1-3H3,(H,26,29)(H,23,24,25)/t15-/m1/s1. The number of amides is 2. The summed E-state index contributed by atoms with van der Waals surface area (Å²) in [6.07, 6.45) is 5.65. The number of aromatic nitrogens is 2. The van der Waals surface area contributed by atoms with Gasteiger partial charge in [-0.2, -0.15) is 0 Å². The Morgan fingerprint density at radius 1 is 1.39 bits per heavy atom. The van der Waals surface area contributed by atoms with Gasteiger partial charge < -0.3 is 20.3 Å². The van der Waals surface area contributed by atoms with E-state index in [0.717, 1.165) is 60.4 Å². The molecule has 2 aliphatic heterocycles. The van der Waals surface area contributed by atoms with Gasteiger partial charge in [-0.25, -0.2) is 9.97 Å². The van der Waals surface area contributed by atoms with Gasteiger partial charge in [0.25, 0.3) is 5.91 Å². The van der Waals surface area contributed by atoms with Crippen LogP contribution in [0.25, 0.3) is 10.2 Å². The Hall–Kier alpha value is -2.26. The quantitative estimate of drug-likeness (QED) is 0.636. The summed E-state index contributed by atoms with van der Waals surface area (Å²) in [6.45, 7) is 9.07. The van der Waals surface area contributed by atoms with Crippen molar-refractivity contribution in [2.45, 2.75) is 64.5 Å². The molecule has 0 unspecified atom stereocenters. The van der Waals surface area contributed by atoms with Crippen molar-refractivity contribution >= 4 is 39.2 Å². The third-order valence-electron chi connectivity index (χ3n) is 6.03. The van der Waals surface area contributed by atoms with Crippen LogP contribution >= 0.6 is 11.3 Å². The smallest absolute Gasteiger partial charge is 0.261 e. The zero-order valence-corrected chi connectivity index (χ0v) is 19.3. The summed E-state index contributed by atoms with van der Waals surface area (Å²) in [5.74, 6) is 0.945. The molecule has 2 fully saturated rings. The van der Waals surface area contributed by atoms with E-state index in [-0.39, 0.29) is 23.5 Å². The molecule has 2 amide bonds. The zero-order chi connectivity index (χ0) is 22.0. The highest BCUT2D eigenvalue weighted by atomic mass is 32.1. The van der Waals surface area contributed by atoms with E-state index in [2.05, 4.69) is 34.4 Å². The summed E-state index contributed by atoms with van der Waals surface area (Å²) < 4.78 is 5.76. The predicted octanol–water partition coefficient (Wildman–Crippen LogP) is 3.11. The van der Waals surface area contributed by atoms with Gasteiger partial charge >= 0.3 is 0 Å². The minimum atomic E-state index is -0.215. The van der Waals surface area contributed by atoms with Gasteiger partial charge in [0.05, 0.1) is 15.9 Å². The van der Waals surface area contributed by atoms with E-state index in [1.165, 1.54) is 17.7 Å². The molecule has 168 valence electrons. The van der Waals surface area contributed by atoms with Crippen molar-refractivity contribution in [1.29, 1.82) is 0 Å². The zero-order valence-electron chi connectivity index (χ0n) is 18.5. The van der Waals surface area contributed by atoms with E-state index in [0.29, 0.717) is 24.4 Å². The van der Waals surface area contributed by atoms with Gasteiger partial charge in [0.1, 0.15) is 17.0 Å². The third kappa shape index (κ3) is 4.98. The van der Waals surface area contributed by atoms with Crippen LogP contribution in [-0.2, 0) is 9.53 Å². The first-order valence-corrected chi connectivity index (χ1v) is 11.9. The lowest BCUT2D eigenvalue weighted by Gasteiger charge is -2.35. The number of hydrogen-bond acceptors (Lipinski definition) is 7. The van der Waals surface area contributed by atoms with Crippen molar-refractivity contribution in [2.24, 2.45) is 0 Å². The maximum Gasteiger partial charge on any atom is 0.261 e. The average molecular weight is 446 g/mol. The number of aryl methyl sites for hydroxylation is 1. The van der Waals surface area contributed by atoms with Crippen molar-refractivity contribution in [1.82, 2.24) is 20.2 Å². The molecule has 0 radical (unpaired) electrons. The monoisotopic (exact) mass is 445 g/mol. The average Bonchev–Trinajstić information content (AvgIpc) is 3.28. The summed E-state index contributed by atoms with van der Waals surface area (Å²) >= 11 is 1.41. The number of hydrogen-bond donors (Lipinski definition) is 2. The van der Waals surface area contributed by atoms with E-state index in [4.69, 9.17) is 4.74 Å². The first kappa shape index (κ1) is 22.0. The van der Waals surface area contributed by atoms with E-state index >= 15 is 0 Å².